The van der Waals surface area contributed by atoms with E-state index < -0.39 is 12.1 Å². The van der Waals surface area contributed by atoms with Gasteiger partial charge in [0.05, 0.1) is 6.04 Å². The van der Waals surface area contributed by atoms with Gasteiger partial charge in [-0.1, -0.05) is 24.3 Å². The summed E-state index contributed by atoms with van der Waals surface area (Å²) in [7, 11) is 0. The summed E-state index contributed by atoms with van der Waals surface area (Å²) < 4.78 is 0. The molecule has 0 aliphatic heterocycles. The maximum Gasteiger partial charge on any atom is 0.312 e. The molecule has 0 unspecified atom stereocenters. The molecule has 0 aromatic heterocycles. The Morgan fingerprint density at radius 2 is 2.00 bits per heavy atom. The lowest BCUT2D eigenvalue weighted by molar-refractivity contribution is -0.136. The quantitative estimate of drug-likeness (QED) is 0.884. The zero-order valence-electron chi connectivity index (χ0n) is 12.2. The molecule has 1 saturated carbocycles. The zero-order valence-corrected chi connectivity index (χ0v) is 12.2. The van der Waals surface area contributed by atoms with Crippen LogP contribution in [0, 0.1) is 0 Å². The molecule has 1 fully saturated rings. The second kappa shape index (κ2) is 5.39. The first-order chi connectivity index (χ1) is 10.1. The Kier molecular flexibility index (Phi) is 3.57. The van der Waals surface area contributed by atoms with Gasteiger partial charge in [-0.05, 0) is 43.7 Å². The van der Waals surface area contributed by atoms with E-state index in [0.29, 0.717) is 6.04 Å². The van der Waals surface area contributed by atoms with Crippen LogP contribution >= 0.6 is 0 Å². The molecule has 0 saturated heterocycles. The number of nitrogens with one attached hydrogen (secondary N) is 1. The Morgan fingerprint density at radius 3 is 2.67 bits per heavy atom. The van der Waals surface area contributed by atoms with Gasteiger partial charge in [0.2, 0.25) is 5.91 Å². The summed E-state index contributed by atoms with van der Waals surface area (Å²) in [4.78, 5) is 25.7. The van der Waals surface area contributed by atoms with Crippen LogP contribution < -0.4 is 11.1 Å². The number of carbonyl (C=O) groups excluding carboxylic acids is 2. The van der Waals surface area contributed by atoms with Crippen molar-refractivity contribution < 1.29 is 9.59 Å². The smallest absolute Gasteiger partial charge is 0.312 e. The first-order valence-corrected chi connectivity index (χ1v) is 7.54. The van der Waals surface area contributed by atoms with Crippen molar-refractivity contribution in [3.63, 3.8) is 0 Å². The second-order valence-electron chi connectivity index (χ2n) is 5.96. The summed E-state index contributed by atoms with van der Waals surface area (Å²) in [5, 5.41) is 2.50. The number of fused-ring (bicyclic) bond motifs is 1. The Morgan fingerprint density at radius 1 is 1.29 bits per heavy atom. The topological polar surface area (TPSA) is 75.4 Å². The van der Waals surface area contributed by atoms with Crippen molar-refractivity contribution in [2.45, 2.75) is 50.7 Å². The SMILES string of the molecule is C[C@@H](NC(N)=O)C(=O)N(C1CC1)[C@@H]1CCc2ccccc21. The molecule has 2 atom stereocenters. The van der Waals surface area contributed by atoms with E-state index in [-0.39, 0.29) is 11.9 Å². The highest BCUT2D eigenvalue weighted by Gasteiger charge is 2.41. The minimum Gasteiger partial charge on any atom is -0.352 e. The summed E-state index contributed by atoms with van der Waals surface area (Å²) >= 11 is 0. The Labute approximate surface area is 124 Å². The molecule has 1 aromatic carbocycles. The first kappa shape index (κ1) is 13.9. The molecule has 2 aliphatic rings. The highest BCUT2D eigenvalue weighted by atomic mass is 16.2. The third kappa shape index (κ3) is 2.73. The Balaban J connectivity index is 1.83. The number of benzene rings is 1. The van der Waals surface area contributed by atoms with E-state index in [1.54, 1.807) is 6.92 Å². The van der Waals surface area contributed by atoms with Crippen molar-refractivity contribution in [1.29, 1.82) is 0 Å². The van der Waals surface area contributed by atoms with E-state index in [0.717, 1.165) is 25.7 Å². The van der Waals surface area contributed by atoms with Crippen LogP contribution in [0.5, 0.6) is 0 Å². The van der Waals surface area contributed by atoms with E-state index >= 15 is 0 Å². The highest BCUT2D eigenvalue weighted by molar-refractivity contribution is 5.87. The molecule has 112 valence electrons. The molecule has 0 spiro atoms. The van der Waals surface area contributed by atoms with E-state index in [2.05, 4.69) is 17.4 Å². The molecule has 5 heteroatoms. The second-order valence-corrected chi connectivity index (χ2v) is 5.96. The predicted octanol–water partition coefficient (Wildman–Crippen LogP) is 1.72. The van der Waals surface area contributed by atoms with Crippen molar-refractivity contribution in [3.05, 3.63) is 35.4 Å². The minimum absolute atomic E-state index is 0.0296. The van der Waals surface area contributed by atoms with Crippen LogP contribution in [-0.2, 0) is 11.2 Å². The predicted molar refractivity (Wildman–Crippen MR) is 79.6 cm³/mol. The average molecular weight is 287 g/mol. The van der Waals surface area contributed by atoms with Crippen LogP contribution in [0.3, 0.4) is 0 Å². The standard InChI is InChI=1S/C16H21N3O2/c1-10(18-16(17)21)15(20)19(12-7-8-12)14-9-6-11-4-2-3-5-13(11)14/h2-5,10,12,14H,6-9H2,1H3,(H3,17,18,21)/t10-,14-/m1/s1. The molecule has 1 aromatic rings. The largest absolute Gasteiger partial charge is 0.352 e. The molecule has 0 bridgehead atoms. The summed E-state index contributed by atoms with van der Waals surface area (Å²) in [5.74, 6) is -0.0296. The fraction of sp³-hybridized carbons (Fsp3) is 0.500. The van der Waals surface area contributed by atoms with Crippen molar-refractivity contribution >= 4 is 11.9 Å². The van der Waals surface area contributed by atoms with Gasteiger partial charge >= 0.3 is 6.03 Å². The van der Waals surface area contributed by atoms with Crippen molar-refractivity contribution in [2.75, 3.05) is 0 Å². The van der Waals surface area contributed by atoms with Crippen LogP contribution in [0.25, 0.3) is 0 Å². The molecule has 3 rings (SSSR count). The van der Waals surface area contributed by atoms with Crippen LogP contribution in [0.15, 0.2) is 24.3 Å². The first-order valence-electron chi connectivity index (χ1n) is 7.54. The fourth-order valence-electron chi connectivity index (χ4n) is 3.26. The summed E-state index contributed by atoms with van der Waals surface area (Å²) in [6.07, 6.45) is 4.07. The normalized spacial score (nSPS) is 21.5. The Bertz CT molecular complexity index is 568. The number of urea groups is 1. The number of hydrogen-bond donors (Lipinski definition) is 2. The molecular formula is C16H21N3O2. The van der Waals surface area contributed by atoms with Crippen LogP contribution in [-0.4, -0.2) is 28.9 Å². The average Bonchev–Trinajstić information content (AvgIpc) is 3.19. The molecule has 0 heterocycles. The van der Waals surface area contributed by atoms with Crippen LogP contribution in [0.1, 0.15) is 43.4 Å². The van der Waals surface area contributed by atoms with Gasteiger partial charge in [0.15, 0.2) is 0 Å². The molecule has 2 aliphatic carbocycles. The number of hydrogen-bond acceptors (Lipinski definition) is 2. The zero-order chi connectivity index (χ0) is 15.0. The summed E-state index contributed by atoms with van der Waals surface area (Å²) in [6, 6.07) is 7.54. The maximum absolute atomic E-state index is 12.7. The van der Waals surface area contributed by atoms with Gasteiger partial charge in [-0.2, -0.15) is 0 Å². The van der Waals surface area contributed by atoms with E-state index in [1.165, 1.54) is 11.1 Å². The molecule has 5 nitrogen and oxygen atoms in total. The third-order valence-corrected chi connectivity index (χ3v) is 4.36. The van der Waals surface area contributed by atoms with E-state index in [4.69, 9.17) is 5.73 Å². The lowest BCUT2D eigenvalue weighted by atomic mass is 10.1. The molecular weight excluding hydrogens is 266 g/mol. The minimum atomic E-state index is -0.654. The van der Waals surface area contributed by atoms with Crippen molar-refractivity contribution in [1.82, 2.24) is 10.2 Å². The maximum atomic E-state index is 12.7. The lowest BCUT2D eigenvalue weighted by Gasteiger charge is -2.32. The van der Waals surface area contributed by atoms with E-state index in [9.17, 15) is 9.59 Å². The third-order valence-electron chi connectivity index (χ3n) is 4.36. The number of primary amides is 1. The van der Waals surface area contributed by atoms with Crippen LogP contribution in [0.4, 0.5) is 4.79 Å². The molecule has 3 amide bonds. The number of nitrogens with zero attached hydrogens (tertiary/aromatic N) is 1. The molecule has 3 N–H and O–H groups in total. The number of aryl methyl sites for hydroxylation is 1. The fourth-order valence-corrected chi connectivity index (χ4v) is 3.26. The Hall–Kier alpha value is -2.04. The molecule has 0 radical (unpaired) electrons. The highest BCUT2D eigenvalue weighted by Crippen LogP contribution is 2.42. The van der Waals surface area contributed by atoms with Gasteiger partial charge in [0.1, 0.15) is 6.04 Å². The lowest BCUT2D eigenvalue weighted by Crippen LogP contribution is -2.50. The van der Waals surface area contributed by atoms with Gasteiger partial charge in [-0.25, -0.2) is 4.79 Å². The monoisotopic (exact) mass is 287 g/mol. The van der Waals surface area contributed by atoms with Crippen molar-refractivity contribution in [2.24, 2.45) is 5.73 Å². The van der Waals surface area contributed by atoms with Gasteiger partial charge in [0, 0.05) is 6.04 Å². The van der Waals surface area contributed by atoms with Gasteiger partial charge < -0.3 is 16.0 Å². The van der Waals surface area contributed by atoms with Gasteiger partial charge in [-0.15, -0.1) is 0 Å². The van der Waals surface area contributed by atoms with Gasteiger partial charge in [-0.3, -0.25) is 4.79 Å². The van der Waals surface area contributed by atoms with Crippen molar-refractivity contribution in [3.8, 4) is 0 Å². The number of carbonyl (C=O) groups is 2. The van der Waals surface area contributed by atoms with Gasteiger partial charge in [0.25, 0.3) is 0 Å². The number of nitrogens with two attached hydrogens (primary N) is 1. The molecule has 21 heavy (non-hydrogen) atoms. The number of amides is 3. The van der Waals surface area contributed by atoms with E-state index in [1.807, 2.05) is 17.0 Å². The summed E-state index contributed by atoms with van der Waals surface area (Å²) in [5.41, 5.74) is 7.72. The summed E-state index contributed by atoms with van der Waals surface area (Å²) in [6.45, 7) is 1.70. The number of rotatable bonds is 4. The van der Waals surface area contributed by atoms with Crippen LogP contribution in [0.2, 0.25) is 0 Å².